The molecule has 4 nitrogen and oxygen atoms in total. The monoisotopic (exact) mass is 333 g/mol. The molecule has 1 amide bonds. The van der Waals surface area contributed by atoms with Gasteiger partial charge >= 0.3 is 0 Å². The van der Waals surface area contributed by atoms with E-state index in [9.17, 15) is 4.79 Å². The van der Waals surface area contributed by atoms with Crippen molar-refractivity contribution in [3.8, 4) is 11.5 Å². The number of carbonyl (C=O) groups excluding carboxylic acids is 1. The van der Waals surface area contributed by atoms with Crippen molar-refractivity contribution in [1.29, 1.82) is 0 Å². The van der Waals surface area contributed by atoms with E-state index in [4.69, 9.17) is 9.47 Å². The molecule has 0 unspecified atom stereocenters. The SMILES string of the molecule is COCc1ccc(C(=O)Nc2ccc(Oc3ccccc3)cc2)cc1. The first kappa shape index (κ1) is 16.7. The molecule has 3 aromatic rings. The number of ether oxygens (including phenoxy) is 2. The van der Waals surface area contributed by atoms with Crippen molar-refractivity contribution in [2.75, 3.05) is 12.4 Å². The predicted molar refractivity (Wildman–Crippen MR) is 98.1 cm³/mol. The lowest BCUT2D eigenvalue weighted by Crippen LogP contribution is -2.11. The van der Waals surface area contributed by atoms with Crippen molar-refractivity contribution >= 4 is 11.6 Å². The van der Waals surface area contributed by atoms with Crippen molar-refractivity contribution in [3.63, 3.8) is 0 Å². The van der Waals surface area contributed by atoms with Gasteiger partial charge in [0.25, 0.3) is 5.91 Å². The number of methoxy groups -OCH3 is 1. The number of amides is 1. The number of anilines is 1. The summed E-state index contributed by atoms with van der Waals surface area (Å²) in [5, 5.41) is 2.88. The van der Waals surface area contributed by atoms with E-state index >= 15 is 0 Å². The topological polar surface area (TPSA) is 47.6 Å². The third-order valence-electron chi connectivity index (χ3n) is 3.62. The zero-order valence-corrected chi connectivity index (χ0v) is 13.9. The van der Waals surface area contributed by atoms with Crippen molar-refractivity contribution in [1.82, 2.24) is 0 Å². The van der Waals surface area contributed by atoms with Crippen LogP contribution in [0.2, 0.25) is 0 Å². The van der Waals surface area contributed by atoms with Gasteiger partial charge in [-0.3, -0.25) is 4.79 Å². The largest absolute Gasteiger partial charge is 0.457 e. The molecule has 3 rings (SSSR count). The second-order valence-electron chi connectivity index (χ2n) is 5.52. The molecular weight excluding hydrogens is 314 g/mol. The van der Waals surface area contributed by atoms with Crippen LogP contribution in [-0.2, 0) is 11.3 Å². The van der Waals surface area contributed by atoms with Gasteiger partial charge < -0.3 is 14.8 Å². The van der Waals surface area contributed by atoms with Gasteiger partial charge in [0, 0.05) is 18.4 Å². The van der Waals surface area contributed by atoms with Gasteiger partial charge in [0.2, 0.25) is 0 Å². The third kappa shape index (κ3) is 4.68. The lowest BCUT2D eigenvalue weighted by molar-refractivity contribution is 0.102. The fourth-order valence-electron chi connectivity index (χ4n) is 2.35. The Hall–Kier alpha value is -3.11. The van der Waals surface area contributed by atoms with E-state index < -0.39 is 0 Å². The Morgan fingerprint density at radius 3 is 2.12 bits per heavy atom. The lowest BCUT2D eigenvalue weighted by atomic mass is 10.1. The van der Waals surface area contributed by atoms with Crippen LogP contribution < -0.4 is 10.1 Å². The smallest absolute Gasteiger partial charge is 0.255 e. The maximum atomic E-state index is 12.3. The first-order valence-electron chi connectivity index (χ1n) is 7.97. The molecular formula is C21H19NO3. The van der Waals surface area contributed by atoms with Gasteiger partial charge in [-0.15, -0.1) is 0 Å². The highest BCUT2D eigenvalue weighted by atomic mass is 16.5. The Bertz CT molecular complexity index is 812. The zero-order chi connectivity index (χ0) is 17.5. The summed E-state index contributed by atoms with van der Waals surface area (Å²) in [6.45, 7) is 0.533. The Morgan fingerprint density at radius 1 is 0.840 bits per heavy atom. The van der Waals surface area contributed by atoms with Gasteiger partial charge in [-0.05, 0) is 54.1 Å². The molecule has 1 N–H and O–H groups in total. The molecule has 0 bridgehead atoms. The summed E-state index contributed by atoms with van der Waals surface area (Å²) >= 11 is 0. The van der Waals surface area contributed by atoms with E-state index in [-0.39, 0.29) is 5.91 Å². The van der Waals surface area contributed by atoms with Crippen molar-refractivity contribution in [2.45, 2.75) is 6.61 Å². The molecule has 126 valence electrons. The number of hydrogen-bond acceptors (Lipinski definition) is 3. The van der Waals surface area contributed by atoms with Crippen LogP contribution in [0.5, 0.6) is 11.5 Å². The number of benzene rings is 3. The summed E-state index contributed by atoms with van der Waals surface area (Å²) in [4.78, 5) is 12.3. The van der Waals surface area contributed by atoms with Crippen LogP contribution in [0.4, 0.5) is 5.69 Å². The van der Waals surface area contributed by atoms with E-state index in [1.165, 1.54) is 0 Å². The molecule has 25 heavy (non-hydrogen) atoms. The highest BCUT2D eigenvalue weighted by molar-refractivity contribution is 6.04. The number of hydrogen-bond donors (Lipinski definition) is 1. The van der Waals surface area contributed by atoms with Gasteiger partial charge in [0.1, 0.15) is 11.5 Å². The average molecular weight is 333 g/mol. The second kappa shape index (κ2) is 8.13. The quantitative estimate of drug-likeness (QED) is 0.699. The molecule has 0 saturated heterocycles. The van der Waals surface area contributed by atoms with E-state index in [2.05, 4.69) is 5.32 Å². The minimum Gasteiger partial charge on any atom is -0.457 e. The van der Waals surface area contributed by atoms with E-state index in [0.29, 0.717) is 23.6 Å². The van der Waals surface area contributed by atoms with Crippen LogP contribution in [0.3, 0.4) is 0 Å². The number of rotatable bonds is 6. The number of carbonyl (C=O) groups is 1. The first-order valence-corrected chi connectivity index (χ1v) is 7.97. The number of nitrogens with one attached hydrogen (secondary N) is 1. The van der Waals surface area contributed by atoms with Crippen LogP contribution >= 0.6 is 0 Å². The highest BCUT2D eigenvalue weighted by Gasteiger charge is 2.06. The van der Waals surface area contributed by atoms with E-state index in [0.717, 1.165) is 11.3 Å². The number of para-hydroxylation sites is 1. The fraction of sp³-hybridized carbons (Fsp3) is 0.0952. The molecule has 0 atom stereocenters. The van der Waals surface area contributed by atoms with Crippen LogP contribution in [0.1, 0.15) is 15.9 Å². The minimum atomic E-state index is -0.152. The predicted octanol–water partition coefficient (Wildman–Crippen LogP) is 4.88. The summed E-state index contributed by atoms with van der Waals surface area (Å²) in [5.41, 5.74) is 2.34. The maximum absolute atomic E-state index is 12.3. The Morgan fingerprint density at radius 2 is 1.48 bits per heavy atom. The minimum absolute atomic E-state index is 0.152. The van der Waals surface area contributed by atoms with Crippen LogP contribution in [-0.4, -0.2) is 13.0 Å². The van der Waals surface area contributed by atoms with E-state index in [1.807, 2.05) is 66.7 Å². The van der Waals surface area contributed by atoms with Crippen LogP contribution in [0.15, 0.2) is 78.9 Å². The normalized spacial score (nSPS) is 10.3. The van der Waals surface area contributed by atoms with Gasteiger partial charge in [-0.25, -0.2) is 0 Å². The van der Waals surface area contributed by atoms with Crippen molar-refractivity contribution in [2.24, 2.45) is 0 Å². The van der Waals surface area contributed by atoms with Gasteiger partial charge in [0.05, 0.1) is 6.61 Å². The van der Waals surface area contributed by atoms with Crippen molar-refractivity contribution < 1.29 is 14.3 Å². The second-order valence-corrected chi connectivity index (χ2v) is 5.52. The molecule has 0 aliphatic rings. The molecule has 0 spiro atoms. The Balaban J connectivity index is 1.61. The Labute approximate surface area is 147 Å². The highest BCUT2D eigenvalue weighted by Crippen LogP contribution is 2.22. The maximum Gasteiger partial charge on any atom is 0.255 e. The Kier molecular flexibility index (Phi) is 5.44. The third-order valence-corrected chi connectivity index (χ3v) is 3.62. The molecule has 4 heteroatoms. The molecule has 0 aromatic heterocycles. The molecule has 0 saturated carbocycles. The molecule has 0 heterocycles. The van der Waals surface area contributed by atoms with Crippen LogP contribution in [0.25, 0.3) is 0 Å². The molecule has 0 radical (unpaired) electrons. The first-order chi connectivity index (χ1) is 12.2. The van der Waals surface area contributed by atoms with Crippen LogP contribution in [0, 0.1) is 0 Å². The average Bonchev–Trinajstić information content (AvgIpc) is 2.65. The van der Waals surface area contributed by atoms with E-state index in [1.54, 1.807) is 19.2 Å². The molecule has 3 aromatic carbocycles. The summed E-state index contributed by atoms with van der Waals surface area (Å²) in [6, 6.07) is 24.2. The summed E-state index contributed by atoms with van der Waals surface area (Å²) in [7, 11) is 1.64. The zero-order valence-electron chi connectivity index (χ0n) is 13.9. The molecule has 0 aliphatic carbocycles. The van der Waals surface area contributed by atoms with Gasteiger partial charge in [-0.1, -0.05) is 30.3 Å². The molecule has 0 aliphatic heterocycles. The summed E-state index contributed by atoms with van der Waals surface area (Å²) in [6.07, 6.45) is 0. The van der Waals surface area contributed by atoms with Gasteiger partial charge in [-0.2, -0.15) is 0 Å². The van der Waals surface area contributed by atoms with Gasteiger partial charge in [0.15, 0.2) is 0 Å². The van der Waals surface area contributed by atoms with Crippen molar-refractivity contribution in [3.05, 3.63) is 90.0 Å². The summed E-state index contributed by atoms with van der Waals surface area (Å²) in [5.74, 6) is 1.34. The fourth-order valence-corrected chi connectivity index (χ4v) is 2.35. The summed E-state index contributed by atoms with van der Waals surface area (Å²) < 4.78 is 10.8. The standard InChI is InChI=1S/C21H19NO3/c1-24-15-16-7-9-17(10-8-16)21(23)22-18-11-13-20(14-12-18)25-19-5-3-2-4-6-19/h2-14H,15H2,1H3,(H,22,23). The molecule has 0 fully saturated rings. The lowest BCUT2D eigenvalue weighted by Gasteiger charge is -2.08.